The highest BCUT2D eigenvalue weighted by Crippen LogP contribution is 2.24. The molecule has 0 aromatic carbocycles. The molecule has 0 fully saturated rings. The van der Waals surface area contributed by atoms with E-state index in [0.717, 1.165) is 0 Å². The fraction of sp³-hybridized carbons (Fsp3) is 1.00. The van der Waals surface area contributed by atoms with Crippen molar-refractivity contribution in [3.8, 4) is 0 Å². The molecule has 0 bridgehead atoms. The molecular formula is C8H21N2O3P. The second-order valence-corrected chi connectivity index (χ2v) is 4.56. The van der Waals surface area contributed by atoms with E-state index in [4.69, 9.17) is 20.5 Å². The van der Waals surface area contributed by atoms with Crippen molar-refractivity contribution >= 4 is 8.25 Å². The quantitative estimate of drug-likeness (QED) is 0.598. The van der Waals surface area contributed by atoms with Crippen LogP contribution in [0.4, 0.5) is 0 Å². The zero-order valence-electron chi connectivity index (χ0n) is 8.86. The molecule has 6 heteroatoms. The molecule has 0 rings (SSSR count). The van der Waals surface area contributed by atoms with Crippen molar-refractivity contribution in [1.29, 1.82) is 0 Å². The van der Waals surface area contributed by atoms with Crippen LogP contribution in [0.2, 0.25) is 0 Å². The van der Waals surface area contributed by atoms with E-state index in [2.05, 4.69) is 0 Å². The Morgan fingerprint density at radius 3 is 1.71 bits per heavy atom. The van der Waals surface area contributed by atoms with E-state index in [1.165, 1.54) is 0 Å². The van der Waals surface area contributed by atoms with Gasteiger partial charge in [-0.2, -0.15) is 0 Å². The molecule has 4 N–H and O–H groups in total. The molecule has 0 radical (unpaired) electrons. The van der Waals surface area contributed by atoms with E-state index in [-0.39, 0.29) is 12.1 Å². The normalized spacial score (nSPS) is 17.7. The zero-order valence-corrected chi connectivity index (χ0v) is 9.86. The average Bonchev–Trinajstić information content (AvgIpc) is 2.02. The van der Waals surface area contributed by atoms with E-state index >= 15 is 0 Å². The Morgan fingerprint density at radius 2 is 1.43 bits per heavy atom. The zero-order chi connectivity index (χ0) is 11.0. The van der Waals surface area contributed by atoms with Crippen LogP contribution in [0, 0.1) is 0 Å². The van der Waals surface area contributed by atoms with Crippen LogP contribution in [0.1, 0.15) is 26.7 Å². The van der Waals surface area contributed by atoms with E-state index in [0.29, 0.717) is 26.1 Å². The van der Waals surface area contributed by atoms with Gasteiger partial charge >= 0.3 is 8.25 Å². The highest BCUT2D eigenvalue weighted by atomic mass is 31.1. The Bertz CT molecular complexity index is 149. The second-order valence-electron chi connectivity index (χ2n) is 3.48. The van der Waals surface area contributed by atoms with E-state index in [1.807, 2.05) is 13.8 Å². The monoisotopic (exact) mass is 224 g/mol. The van der Waals surface area contributed by atoms with Gasteiger partial charge in [-0.25, -0.2) is 0 Å². The first kappa shape index (κ1) is 14.1. The highest BCUT2D eigenvalue weighted by Gasteiger charge is 2.02. The summed E-state index contributed by atoms with van der Waals surface area (Å²) in [5.41, 5.74) is 11.0. The smallest absolute Gasteiger partial charge is 0.319 e. The molecule has 0 amide bonds. The molecule has 0 aromatic heterocycles. The maximum absolute atomic E-state index is 11.1. The Morgan fingerprint density at radius 1 is 1.07 bits per heavy atom. The number of hydrogen-bond donors (Lipinski definition) is 2. The Hall–Kier alpha value is 0.0700. The van der Waals surface area contributed by atoms with Crippen LogP contribution < -0.4 is 11.5 Å². The predicted molar refractivity (Wildman–Crippen MR) is 57.4 cm³/mol. The van der Waals surface area contributed by atoms with E-state index < -0.39 is 8.25 Å². The molecule has 0 heterocycles. The van der Waals surface area contributed by atoms with Gasteiger partial charge in [0.2, 0.25) is 0 Å². The van der Waals surface area contributed by atoms with Gasteiger partial charge in [0.15, 0.2) is 0 Å². The van der Waals surface area contributed by atoms with Crippen molar-refractivity contribution in [2.45, 2.75) is 38.8 Å². The predicted octanol–water partition coefficient (Wildman–Crippen LogP) is 0.884. The number of nitrogens with two attached hydrogens (primary N) is 2. The summed E-state index contributed by atoms with van der Waals surface area (Å²) in [6, 6.07) is 0.128. The third-order valence-electron chi connectivity index (χ3n) is 1.59. The molecule has 14 heavy (non-hydrogen) atoms. The minimum atomic E-state index is -2.34. The molecule has 0 saturated carbocycles. The minimum Gasteiger partial charge on any atom is -0.328 e. The van der Waals surface area contributed by atoms with E-state index in [9.17, 15) is 4.57 Å². The van der Waals surface area contributed by atoms with Crippen LogP contribution in [0.5, 0.6) is 0 Å². The Kier molecular flexibility index (Phi) is 8.43. The maximum Gasteiger partial charge on any atom is 0.319 e. The van der Waals surface area contributed by atoms with Crippen molar-refractivity contribution in [3.63, 3.8) is 0 Å². The molecule has 2 unspecified atom stereocenters. The summed E-state index contributed by atoms with van der Waals surface area (Å²) in [6.07, 6.45) is 1.38. The molecule has 2 atom stereocenters. The van der Waals surface area contributed by atoms with Gasteiger partial charge in [-0.05, 0) is 26.7 Å². The standard InChI is InChI=1S/C8H21N2O3P/c1-7(9)3-5-12-14(11)13-6-4-8(2)10/h7-8,14H,3-6,9-10H2,1-2H3. The van der Waals surface area contributed by atoms with E-state index in [1.54, 1.807) is 0 Å². The Labute approximate surface area is 86.1 Å². The summed E-state index contributed by atoms with van der Waals surface area (Å²) in [7, 11) is -2.34. The van der Waals surface area contributed by atoms with Crippen LogP contribution in [0.25, 0.3) is 0 Å². The van der Waals surface area contributed by atoms with Crippen molar-refractivity contribution in [2.24, 2.45) is 11.5 Å². The van der Waals surface area contributed by atoms with Crippen LogP contribution in [0.3, 0.4) is 0 Å². The van der Waals surface area contributed by atoms with Crippen molar-refractivity contribution in [2.75, 3.05) is 13.2 Å². The first-order valence-corrected chi connectivity index (χ1v) is 6.05. The molecule has 0 spiro atoms. The second kappa shape index (κ2) is 8.38. The summed E-state index contributed by atoms with van der Waals surface area (Å²) < 4.78 is 20.9. The third kappa shape index (κ3) is 10.2. The van der Waals surface area contributed by atoms with Crippen LogP contribution in [-0.4, -0.2) is 25.3 Å². The molecule has 0 aromatic rings. The largest absolute Gasteiger partial charge is 0.328 e. The molecule has 0 saturated heterocycles. The van der Waals surface area contributed by atoms with Gasteiger partial charge in [0.05, 0.1) is 13.2 Å². The molecule has 0 aliphatic carbocycles. The molecular weight excluding hydrogens is 203 g/mol. The van der Waals surface area contributed by atoms with Crippen molar-refractivity contribution < 1.29 is 13.6 Å². The summed E-state index contributed by atoms with van der Waals surface area (Å²) >= 11 is 0. The van der Waals surface area contributed by atoms with Crippen LogP contribution in [-0.2, 0) is 13.6 Å². The topological polar surface area (TPSA) is 87.6 Å². The first-order valence-electron chi connectivity index (χ1n) is 4.83. The lowest BCUT2D eigenvalue weighted by Gasteiger charge is -2.08. The fourth-order valence-corrected chi connectivity index (χ4v) is 1.35. The average molecular weight is 224 g/mol. The SMILES string of the molecule is CC(N)CCO[PH](=O)OCCC(C)N. The van der Waals surface area contributed by atoms with Gasteiger partial charge in [0.25, 0.3) is 0 Å². The summed E-state index contributed by atoms with van der Waals surface area (Å²) in [5.74, 6) is 0. The van der Waals surface area contributed by atoms with Gasteiger partial charge in [-0.1, -0.05) is 0 Å². The van der Waals surface area contributed by atoms with Gasteiger partial charge in [-0.3, -0.25) is 4.57 Å². The van der Waals surface area contributed by atoms with Gasteiger partial charge < -0.3 is 20.5 Å². The minimum absolute atomic E-state index is 0.0638. The van der Waals surface area contributed by atoms with Crippen LogP contribution >= 0.6 is 8.25 Å². The van der Waals surface area contributed by atoms with Gasteiger partial charge in [0, 0.05) is 12.1 Å². The van der Waals surface area contributed by atoms with Crippen LogP contribution in [0.15, 0.2) is 0 Å². The number of rotatable bonds is 8. The lowest BCUT2D eigenvalue weighted by molar-refractivity contribution is 0.216. The summed E-state index contributed by atoms with van der Waals surface area (Å²) in [6.45, 7) is 4.51. The molecule has 0 aliphatic rings. The lowest BCUT2D eigenvalue weighted by atomic mass is 10.3. The first-order chi connectivity index (χ1) is 6.52. The fourth-order valence-electron chi connectivity index (χ4n) is 0.698. The maximum atomic E-state index is 11.1. The Balaban J connectivity index is 3.28. The summed E-state index contributed by atoms with van der Waals surface area (Å²) in [5, 5.41) is 0. The number of hydrogen-bond acceptors (Lipinski definition) is 5. The van der Waals surface area contributed by atoms with Gasteiger partial charge in [0.1, 0.15) is 0 Å². The molecule has 86 valence electrons. The lowest BCUT2D eigenvalue weighted by Crippen LogP contribution is -2.17. The van der Waals surface area contributed by atoms with Crippen molar-refractivity contribution in [3.05, 3.63) is 0 Å². The highest BCUT2D eigenvalue weighted by molar-refractivity contribution is 7.33. The molecule has 0 aliphatic heterocycles. The molecule has 5 nitrogen and oxygen atoms in total. The van der Waals surface area contributed by atoms with Crippen molar-refractivity contribution in [1.82, 2.24) is 0 Å². The summed E-state index contributed by atoms with van der Waals surface area (Å²) in [4.78, 5) is 0. The third-order valence-corrected chi connectivity index (χ3v) is 2.47. The van der Waals surface area contributed by atoms with Gasteiger partial charge in [-0.15, -0.1) is 0 Å².